The maximum absolute atomic E-state index is 10.3. The number of β-amino-alcohol motifs (C(OH)–C–C–N with tert-alkyl or cyclic N) is 1. The Balaban J connectivity index is 1.83. The summed E-state index contributed by atoms with van der Waals surface area (Å²) in [5, 5.41) is 10.3. The molecule has 0 aromatic heterocycles. The van der Waals surface area contributed by atoms with Gasteiger partial charge in [0.25, 0.3) is 0 Å². The zero-order valence-corrected chi connectivity index (χ0v) is 12.1. The fourth-order valence-electron chi connectivity index (χ4n) is 3.13. The van der Waals surface area contributed by atoms with Crippen molar-refractivity contribution >= 4 is 0 Å². The van der Waals surface area contributed by atoms with Gasteiger partial charge < -0.3 is 10.0 Å². The molecule has 0 spiro atoms. The zero-order chi connectivity index (χ0) is 13.5. The molecule has 2 atom stereocenters. The van der Waals surface area contributed by atoms with Gasteiger partial charge in [0.15, 0.2) is 0 Å². The van der Waals surface area contributed by atoms with Gasteiger partial charge in [-0.25, -0.2) is 0 Å². The van der Waals surface area contributed by atoms with E-state index in [2.05, 4.69) is 11.8 Å². The van der Waals surface area contributed by atoms with Gasteiger partial charge in [-0.05, 0) is 43.8 Å². The first-order valence-corrected chi connectivity index (χ1v) is 7.75. The third-order valence-electron chi connectivity index (χ3n) is 4.25. The van der Waals surface area contributed by atoms with Crippen LogP contribution in [-0.2, 0) is 0 Å². The number of benzene rings is 1. The van der Waals surface area contributed by atoms with Crippen LogP contribution in [0.1, 0.15) is 50.7 Å². The molecular formula is C17H27NO. The topological polar surface area (TPSA) is 23.5 Å². The van der Waals surface area contributed by atoms with E-state index in [1.54, 1.807) is 0 Å². The molecule has 2 unspecified atom stereocenters. The third-order valence-corrected chi connectivity index (χ3v) is 4.25. The van der Waals surface area contributed by atoms with Crippen molar-refractivity contribution in [2.24, 2.45) is 5.92 Å². The van der Waals surface area contributed by atoms with Crippen LogP contribution in [0.2, 0.25) is 0 Å². The van der Waals surface area contributed by atoms with Crippen LogP contribution in [0.5, 0.6) is 0 Å². The number of aliphatic hydroxyl groups is 1. The van der Waals surface area contributed by atoms with Gasteiger partial charge in [-0.2, -0.15) is 0 Å². The van der Waals surface area contributed by atoms with Gasteiger partial charge in [-0.15, -0.1) is 0 Å². The molecular weight excluding hydrogens is 234 g/mol. The van der Waals surface area contributed by atoms with Crippen molar-refractivity contribution in [3.63, 3.8) is 0 Å². The Kier molecular flexibility index (Phi) is 5.87. The fraction of sp³-hybridized carbons (Fsp3) is 0.647. The number of nitrogens with zero attached hydrogens (tertiary/aromatic N) is 1. The van der Waals surface area contributed by atoms with Gasteiger partial charge in [0.05, 0.1) is 6.10 Å². The van der Waals surface area contributed by atoms with Crippen molar-refractivity contribution < 1.29 is 5.11 Å². The first kappa shape index (κ1) is 14.5. The fourth-order valence-corrected chi connectivity index (χ4v) is 3.13. The highest BCUT2D eigenvalue weighted by molar-refractivity contribution is 5.17. The molecule has 106 valence electrons. The Bertz CT molecular complexity index is 352. The number of likely N-dealkylation sites (tertiary alicyclic amines) is 1. The molecule has 0 aliphatic carbocycles. The molecule has 0 amide bonds. The molecule has 1 heterocycles. The molecule has 2 nitrogen and oxygen atoms in total. The van der Waals surface area contributed by atoms with Crippen molar-refractivity contribution in [1.82, 2.24) is 4.90 Å². The summed E-state index contributed by atoms with van der Waals surface area (Å²) in [6.45, 7) is 5.35. The van der Waals surface area contributed by atoms with E-state index in [1.165, 1.54) is 32.1 Å². The lowest BCUT2D eigenvalue weighted by molar-refractivity contribution is 0.114. The highest BCUT2D eigenvalue weighted by Crippen LogP contribution is 2.23. The maximum atomic E-state index is 10.3. The van der Waals surface area contributed by atoms with Crippen molar-refractivity contribution in [2.75, 3.05) is 19.6 Å². The van der Waals surface area contributed by atoms with Crippen molar-refractivity contribution in [1.29, 1.82) is 0 Å². The molecule has 1 aromatic carbocycles. The van der Waals surface area contributed by atoms with Crippen LogP contribution in [-0.4, -0.2) is 29.6 Å². The van der Waals surface area contributed by atoms with E-state index in [0.717, 1.165) is 31.1 Å². The van der Waals surface area contributed by atoms with Crippen LogP contribution in [0, 0.1) is 5.92 Å². The van der Waals surface area contributed by atoms with Crippen LogP contribution in [0.3, 0.4) is 0 Å². The van der Waals surface area contributed by atoms with Crippen LogP contribution in [0.25, 0.3) is 0 Å². The summed E-state index contributed by atoms with van der Waals surface area (Å²) in [7, 11) is 0. The Morgan fingerprint density at radius 1 is 1.21 bits per heavy atom. The van der Waals surface area contributed by atoms with Crippen molar-refractivity contribution in [2.45, 2.75) is 45.1 Å². The van der Waals surface area contributed by atoms with Gasteiger partial charge in [-0.3, -0.25) is 0 Å². The second-order valence-corrected chi connectivity index (χ2v) is 5.81. The minimum atomic E-state index is -0.344. The van der Waals surface area contributed by atoms with Crippen molar-refractivity contribution in [3.05, 3.63) is 35.9 Å². The predicted molar refractivity (Wildman–Crippen MR) is 80.1 cm³/mol. The smallest absolute Gasteiger partial charge is 0.0916 e. The summed E-state index contributed by atoms with van der Waals surface area (Å²) >= 11 is 0. The van der Waals surface area contributed by atoms with Gasteiger partial charge >= 0.3 is 0 Å². The standard InChI is InChI=1S/C17H27NO/c1-2-7-15-8-6-12-18(13-11-15)14-17(19)16-9-4-3-5-10-16/h3-5,9-10,15,17,19H,2,6-8,11-14H2,1H3. The lowest BCUT2D eigenvalue weighted by Crippen LogP contribution is -2.29. The number of rotatable bonds is 5. The van der Waals surface area contributed by atoms with E-state index in [4.69, 9.17) is 0 Å². The third kappa shape index (κ3) is 4.63. The van der Waals surface area contributed by atoms with Gasteiger partial charge in [0.2, 0.25) is 0 Å². The Hall–Kier alpha value is -0.860. The second-order valence-electron chi connectivity index (χ2n) is 5.81. The molecule has 0 bridgehead atoms. The Morgan fingerprint density at radius 3 is 2.74 bits per heavy atom. The van der Waals surface area contributed by atoms with Gasteiger partial charge in [0.1, 0.15) is 0 Å². The summed E-state index contributed by atoms with van der Waals surface area (Å²) in [6, 6.07) is 10.0. The first-order chi connectivity index (χ1) is 9.29. The Labute approximate surface area is 117 Å². The molecule has 0 saturated carbocycles. The lowest BCUT2D eigenvalue weighted by Gasteiger charge is -2.23. The van der Waals surface area contributed by atoms with Gasteiger partial charge in [-0.1, -0.05) is 50.1 Å². The summed E-state index contributed by atoms with van der Waals surface area (Å²) < 4.78 is 0. The molecule has 19 heavy (non-hydrogen) atoms. The Morgan fingerprint density at radius 2 is 2.00 bits per heavy atom. The summed E-state index contributed by atoms with van der Waals surface area (Å²) in [6.07, 6.45) is 6.28. The molecule has 0 radical (unpaired) electrons. The average Bonchev–Trinajstić information content (AvgIpc) is 2.66. The summed E-state index contributed by atoms with van der Waals surface area (Å²) in [5.41, 5.74) is 1.04. The zero-order valence-electron chi connectivity index (χ0n) is 12.1. The average molecular weight is 261 g/mol. The first-order valence-electron chi connectivity index (χ1n) is 7.75. The quantitative estimate of drug-likeness (QED) is 0.875. The lowest BCUT2D eigenvalue weighted by atomic mass is 9.96. The molecule has 1 aliphatic heterocycles. The molecule has 1 aliphatic rings. The maximum Gasteiger partial charge on any atom is 0.0916 e. The van der Waals surface area contributed by atoms with Crippen LogP contribution < -0.4 is 0 Å². The van der Waals surface area contributed by atoms with Crippen molar-refractivity contribution in [3.8, 4) is 0 Å². The van der Waals surface area contributed by atoms with E-state index in [1.807, 2.05) is 30.3 Å². The summed E-state index contributed by atoms with van der Waals surface area (Å²) in [5.74, 6) is 0.906. The molecule has 2 rings (SSSR count). The molecule has 1 fully saturated rings. The minimum absolute atomic E-state index is 0.344. The summed E-state index contributed by atoms with van der Waals surface area (Å²) in [4.78, 5) is 2.44. The predicted octanol–water partition coefficient (Wildman–Crippen LogP) is 3.62. The molecule has 1 N–H and O–H groups in total. The van der Waals surface area contributed by atoms with E-state index in [-0.39, 0.29) is 6.10 Å². The van der Waals surface area contributed by atoms with Crippen LogP contribution >= 0.6 is 0 Å². The van der Waals surface area contributed by atoms with Crippen LogP contribution in [0.4, 0.5) is 0 Å². The number of hydrogen-bond acceptors (Lipinski definition) is 2. The highest BCUT2D eigenvalue weighted by Gasteiger charge is 2.19. The largest absolute Gasteiger partial charge is 0.387 e. The van der Waals surface area contributed by atoms with E-state index >= 15 is 0 Å². The highest BCUT2D eigenvalue weighted by atomic mass is 16.3. The number of hydrogen-bond donors (Lipinski definition) is 1. The SMILES string of the molecule is CCCC1CCCN(CC(O)c2ccccc2)CC1. The normalized spacial score (nSPS) is 22.9. The van der Waals surface area contributed by atoms with E-state index in [0.29, 0.717) is 0 Å². The molecule has 1 aromatic rings. The minimum Gasteiger partial charge on any atom is -0.387 e. The van der Waals surface area contributed by atoms with Crippen LogP contribution in [0.15, 0.2) is 30.3 Å². The second kappa shape index (κ2) is 7.66. The van der Waals surface area contributed by atoms with E-state index < -0.39 is 0 Å². The molecule has 2 heteroatoms. The molecule has 1 saturated heterocycles. The monoisotopic (exact) mass is 261 g/mol. The van der Waals surface area contributed by atoms with Gasteiger partial charge in [0, 0.05) is 6.54 Å². The number of aliphatic hydroxyl groups excluding tert-OH is 1. The van der Waals surface area contributed by atoms with E-state index in [9.17, 15) is 5.11 Å².